The van der Waals surface area contributed by atoms with Crippen LogP contribution in [0.1, 0.15) is 10.4 Å². The topological polar surface area (TPSA) is 88.0 Å². The summed E-state index contributed by atoms with van der Waals surface area (Å²) in [4.78, 5) is 25.5. The number of aromatic amines is 1. The molecule has 0 radical (unpaired) electrons. The summed E-state index contributed by atoms with van der Waals surface area (Å²) in [5.41, 5.74) is 1.69. The van der Waals surface area contributed by atoms with Crippen LogP contribution in [-0.2, 0) is 0 Å². The van der Waals surface area contributed by atoms with Crippen LogP contribution in [0.15, 0.2) is 54.7 Å². The van der Waals surface area contributed by atoms with E-state index in [-0.39, 0.29) is 11.6 Å². The Balaban J connectivity index is 1.90. The van der Waals surface area contributed by atoms with Crippen LogP contribution >= 0.6 is 0 Å². The van der Waals surface area contributed by atoms with Crippen LogP contribution < -0.4 is 5.32 Å². The van der Waals surface area contributed by atoms with Gasteiger partial charge in [0.05, 0.1) is 10.5 Å². The highest BCUT2D eigenvalue weighted by atomic mass is 16.6. The number of carbonyl (C=O) groups is 1. The lowest BCUT2D eigenvalue weighted by atomic mass is 10.1. The summed E-state index contributed by atoms with van der Waals surface area (Å²) < 4.78 is 0. The molecule has 2 aromatic carbocycles. The molecule has 0 atom stereocenters. The summed E-state index contributed by atoms with van der Waals surface area (Å²) in [6, 6.07) is 13.3. The molecule has 0 spiro atoms. The molecule has 1 heterocycles. The first-order valence-electron chi connectivity index (χ1n) is 6.27. The molecule has 6 heteroatoms. The molecule has 2 N–H and O–H groups in total. The maximum absolute atomic E-state index is 12.3. The van der Waals surface area contributed by atoms with Crippen LogP contribution in [0.5, 0.6) is 0 Å². The Kier molecular flexibility index (Phi) is 3.12. The highest BCUT2D eigenvalue weighted by molar-refractivity contribution is 6.12. The molecule has 0 bridgehead atoms. The maximum Gasteiger partial charge on any atom is 0.271 e. The SMILES string of the molecule is O=C(Nc1cccc([N+](=O)[O-])c1)c1c[nH]c2ccccc12. The summed E-state index contributed by atoms with van der Waals surface area (Å²) in [5.74, 6) is -0.312. The quantitative estimate of drug-likeness (QED) is 0.570. The van der Waals surface area contributed by atoms with E-state index in [9.17, 15) is 14.9 Å². The molecule has 0 fully saturated rings. The second-order valence-electron chi connectivity index (χ2n) is 4.51. The number of carbonyl (C=O) groups excluding carboxylic acids is 1. The molecule has 104 valence electrons. The van der Waals surface area contributed by atoms with Crippen LogP contribution in [0.25, 0.3) is 10.9 Å². The molecule has 21 heavy (non-hydrogen) atoms. The predicted octanol–water partition coefficient (Wildman–Crippen LogP) is 3.33. The normalized spacial score (nSPS) is 10.5. The number of nitro groups is 1. The summed E-state index contributed by atoms with van der Waals surface area (Å²) in [6.07, 6.45) is 1.62. The third-order valence-corrected chi connectivity index (χ3v) is 3.15. The number of hydrogen-bond donors (Lipinski definition) is 2. The van der Waals surface area contributed by atoms with Crippen LogP contribution in [-0.4, -0.2) is 15.8 Å². The third-order valence-electron chi connectivity index (χ3n) is 3.15. The Labute approximate surface area is 119 Å². The zero-order chi connectivity index (χ0) is 14.8. The second kappa shape index (κ2) is 5.09. The minimum absolute atomic E-state index is 0.0632. The van der Waals surface area contributed by atoms with Gasteiger partial charge < -0.3 is 10.3 Å². The molecule has 0 saturated heterocycles. The van der Waals surface area contributed by atoms with Gasteiger partial charge in [-0.3, -0.25) is 14.9 Å². The number of H-pyrrole nitrogens is 1. The summed E-state index contributed by atoms with van der Waals surface area (Å²) in [7, 11) is 0. The average Bonchev–Trinajstić information content (AvgIpc) is 2.91. The highest BCUT2D eigenvalue weighted by Crippen LogP contribution is 2.21. The zero-order valence-corrected chi connectivity index (χ0v) is 10.9. The van der Waals surface area contributed by atoms with Gasteiger partial charge in [0, 0.05) is 34.9 Å². The molecular formula is C15H11N3O3. The number of para-hydroxylation sites is 1. The van der Waals surface area contributed by atoms with Crippen molar-refractivity contribution in [2.75, 3.05) is 5.32 Å². The van der Waals surface area contributed by atoms with Crippen LogP contribution in [0.4, 0.5) is 11.4 Å². The number of hydrogen-bond acceptors (Lipinski definition) is 3. The van der Waals surface area contributed by atoms with Crippen LogP contribution in [0.2, 0.25) is 0 Å². The average molecular weight is 281 g/mol. The zero-order valence-electron chi connectivity index (χ0n) is 10.9. The number of benzene rings is 2. The van der Waals surface area contributed by atoms with E-state index in [4.69, 9.17) is 0 Å². The number of nitrogens with zero attached hydrogens (tertiary/aromatic N) is 1. The summed E-state index contributed by atoms with van der Waals surface area (Å²) in [6.45, 7) is 0. The smallest absolute Gasteiger partial charge is 0.271 e. The molecule has 1 amide bonds. The van der Waals surface area contributed by atoms with Gasteiger partial charge in [-0.2, -0.15) is 0 Å². The fourth-order valence-electron chi connectivity index (χ4n) is 2.16. The van der Waals surface area contributed by atoms with E-state index >= 15 is 0 Å². The molecule has 1 aromatic heterocycles. The number of nitro benzene ring substituents is 1. The van der Waals surface area contributed by atoms with Gasteiger partial charge in [0.15, 0.2) is 0 Å². The molecule has 0 aliphatic carbocycles. The van der Waals surface area contributed by atoms with Gasteiger partial charge in [0.2, 0.25) is 0 Å². The lowest BCUT2D eigenvalue weighted by molar-refractivity contribution is -0.384. The van der Waals surface area contributed by atoms with Gasteiger partial charge in [-0.15, -0.1) is 0 Å². The van der Waals surface area contributed by atoms with Crippen molar-refractivity contribution < 1.29 is 9.72 Å². The number of rotatable bonds is 3. The fourth-order valence-corrected chi connectivity index (χ4v) is 2.16. The summed E-state index contributed by atoms with van der Waals surface area (Å²) >= 11 is 0. The van der Waals surface area contributed by atoms with Gasteiger partial charge in [-0.25, -0.2) is 0 Å². The van der Waals surface area contributed by atoms with E-state index in [0.717, 1.165) is 10.9 Å². The number of non-ortho nitro benzene ring substituents is 1. The van der Waals surface area contributed by atoms with Gasteiger partial charge in [-0.1, -0.05) is 24.3 Å². The largest absolute Gasteiger partial charge is 0.360 e. The molecule has 0 aliphatic rings. The first-order valence-corrected chi connectivity index (χ1v) is 6.27. The lowest BCUT2D eigenvalue weighted by Gasteiger charge is -2.04. The maximum atomic E-state index is 12.3. The Morgan fingerprint density at radius 2 is 1.95 bits per heavy atom. The minimum Gasteiger partial charge on any atom is -0.360 e. The molecule has 0 unspecified atom stereocenters. The minimum atomic E-state index is -0.499. The predicted molar refractivity (Wildman–Crippen MR) is 79.3 cm³/mol. The Bertz CT molecular complexity index is 839. The van der Waals surface area contributed by atoms with E-state index < -0.39 is 4.92 Å². The van der Waals surface area contributed by atoms with Crippen LogP contribution in [0, 0.1) is 10.1 Å². The standard InChI is InChI=1S/C15H11N3O3/c19-15(13-9-16-14-7-2-1-6-12(13)14)17-10-4-3-5-11(8-10)18(20)21/h1-9,16H,(H,17,19). The molecule has 3 rings (SSSR count). The van der Waals surface area contributed by atoms with Gasteiger partial charge >= 0.3 is 0 Å². The van der Waals surface area contributed by atoms with Crippen LogP contribution in [0.3, 0.4) is 0 Å². The fraction of sp³-hybridized carbons (Fsp3) is 0. The van der Waals surface area contributed by atoms with Crippen molar-refractivity contribution in [3.63, 3.8) is 0 Å². The van der Waals surface area contributed by atoms with Crippen molar-refractivity contribution in [3.8, 4) is 0 Å². The van der Waals surface area contributed by atoms with E-state index in [1.165, 1.54) is 18.2 Å². The molecule has 3 aromatic rings. The highest BCUT2D eigenvalue weighted by Gasteiger charge is 2.13. The van der Waals surface area contributed by atoms with Crippen molar-refractivity contribution in [2.24, 2.45) is 0 Å². The van der Waals surface area contributed by atoms with Crippen molar-refractivity contribution in [3.05, 3.63) is 70.4 Å². The molecular weight excluding hydrogens is 270 g/mol. The van der Waals surface area contributed by atoms with Gasteiger partial charge in [-0.05, 0) is 12.1 Å². The van der Waals surface area contributed by atoms with Gasteiger partial charge in [0.1, 0.15) is 0 Å². The number of amides is 1. The Hall–Kier alpha value is -3.15. The first kappa shape index (κ1) is 12.9. The Morgan fingerprint density at radius 1 is 1.14 bits per heavy atom. The molecule has 0 saturated carbocycles. The second-order valence-corrected chi connectivity index (χ2v) is 4.51. The number of nitrogens with one attached hydrogen (secondary N) is 2. The third kappa shape index (κ3) is 2.46. The molecule has 0 aliphatic heterocycles. The van der Waals surface area contributed by atoms with Crippen molar-refractivity contribution in [1.82, 2.24) is 4.98 Å². The van der Waals surface area contributed by atoms with Crippen molar-refractivity contribution >= 4 is 28.2 Å². The monoisotopic (exact) mass is 281 g/mol. The first-order chi connectivity index (χ1) is 10.1. The van der Waals surface area contributed by atoms with E-state index in [1.54, 1.807) is 12.3 Å². The number of fused-ring (bicyclic) bond motifs is 1. The van der Waals surface area contributed by atoms with E-state index in [0.29, 0.717) is 11.3 Å². The van der Waals surface area contributed by atoms with E-state index in [1.807, 2.05) is 24.3 Å². The number of anilines is 1. The van der Waals surface area contributed by atoms with Crippen molar-refractivity contribution in [1.29, 1.82) is 0 Å². The summed E-state index contributed by atoms with van der Waals surface area (Å²) in [5, 5.41) is 14.2. The van der Waals surface area contributed by atoms with E-state index in [2.05, 4.69) is 10.3 Å². The Morgan fingerprint density at radius 3 is 2.76 bits per heavy atom. The van der Waals surface area contributed by atoms with Gasteiger partial charge in [0.25, 0.3) is 11.6 Å². The lowest BCUT2D eigenvalue weighted by Crippen LogP contribution is -2.11. The molecule has 6 nitrogen and oxygen atoms in total. The number of aromatic nitrogens is 1. The van der Waals surface area contributed by atoms with Crippen molar-refractivity contribution in [2.45, 2.75) is 0 Å².